The Morgan fingerprint density at radius 1 is 1.25 bits per heavy atom. The minimum atomic E-state index is 0. The molecule has 0 bridgehead atoms. The van der Waals surface area contributed by atoms with E-state index in [-0.39, 0.29) is 30.0 Å². The third-order valence-electron chi connectivity index (χ3n) is 4.78. The smallest absolute Gasteiger partial charge is 0.191 e. The van der Waals surface area contributed by atoms with Crippen LogP contribution in [-0.2, 0) is 13.6 Å². The Labute approximate surface area is 185 Å². The van der Waals surface area contributed by atoms with Crippen molar-refractivity contribution in [3.8, 4) is 5.75 Å². The second-order valence-electron chi connectivity index (χ2n) is 6.27. The lowest BCUT2D eigenvalue weighted by Gasteiger charge is -2.31. The summed E-state index contributed by atoms with van der Waals surface area (Å²) in [6.45, 7) is 7.74. The van der Waals surface area contributed by atoms with E-state index in [1.54, 1.807) is 20.4 Å². The number of nitrogens with zero attached hydrogens (tertiary/aromatic N) is 4. The summed E-state index contributed by atoms with van der Waals surface area (Å²) in [5, 5.41) is 11.0. The van der Waals surface area contributed by atoms with Crippen LogP contribution in [0.5, 0.6) is 5.75 Å². The number of benzene rings is 1. The first-order valence-electron chi connectivity index (χ1n) is 9.42. The largest absolute Gasteiger partial charge is 0.497 e. The molecule has 2 N–H and O–H groups in total. The zero-order valence-electron chi connectivity index (χ0n) is 17.5. The molecule has 1 aromatic carbocycles. The maximum Gasteiger partial charge on any atom is 0.191 e. The summed E-state index contributed by atoms with van der Waals surface area (Å²) in [4.78, 5) is 6.78. The van der Waals surface area contributed by atoms with E-state index in [2.05, 4.69) is 51.6 Å². The van der Waals surface area contributed by atoms with Crippen LogP contribution in [-0.4, -0.2) is 54.4 Å². The summed E-state index contributed by atoms with van der Waals surface area (Å²) in [5.74, 6) is 1.65. The Bertz CT molecular complexity index is 729. The van der Waals surface area contributed by atoms with E-state index in [9.17, 15) is 0 Å². The number of likely N-dealkylation sites (N-methyl/N-ethyl adjacent to an activating group) is 1. The van der Waals surface area contributed by atoms with Crippen molar-refractivity contribution in [1.82, 2.24) is 25.3 Å². The summed E-state index contributed by atoms with van der Waals surface area (Å²) >= 11 is 0. The number of nitrogens with one attached hydrogen (secondary N) is 2. The SMILES string of the molecule is CCN(CC)C(CNC(=NC)NCc1ccnn1C)c1cccc(OC)c1.I. The highest BCUT2D eigenvalue weighted by Gasteiger charge is 2.19. The van der Waals surface area contributed by atoms with E-state index >= 15 is 0 Å². The molecule has 0 aliphatic carbocycles. The number of ether oxygens (including phenoxy) is 1. The van der Waals surface area contributed by atoms with Crippen molar-refractivity contribution in [3.05, 3.63) is 47.8 Å². The average Bonchev–Trinajstić information content (AvgIpc) is 3.12. The molecule has 1 aromatic heterocycles. The first-order valence-corrected chi connectivity index (χ1v) is 9.42. The van der Waals surface area contributed by atoms with Crippen molar-refractivity contribution in [1.29, 1.82) is 0 Å². The predicted molar refractivity (Wildman–Crippen MR) is 125 cm³/mol. The van der Waals surface area contributed by atoms with Gasteiger partial charge in [0.2, 0.25) is 0 Å². The molecule has 0 aliphatic heterocycles. The first kappa shape index (κ1) is 24.2. The second-order valence-corrected chi connectivity index (χ2v) is 6.27. The molecule has 7 nitrogen and oxygen atoms in total. The van der Waals surface area contributed by atoms with Gasteiger partial charge < -0.3 is 15.4 Å². The normalized spacial score (nSPS) is 12.4. The molecule has 28 heavy (non-hydrogen) atoms. The number of methoxy groups -OCH3 is 1. The standard InChI is InChI=1S/C20H32N6O.HI/c1-6-26(7-2)19(16-9-8-10-18(13-16)27-5)15-23-20(21-3)22-14-17-11-12-24-25(17)4;/h8-13,19H,6-7,14-15H2,1-5H3,(H2,21,22,23);1H. The number of rotatable bonds is 9. The highest BCUT2D eigenvalue weighted by molar-refractivity contribution is 14.0. The minimum absolute atomic E-state index is 0. The minimum Gasteiger partial charge on any atom is -0.497 e. The summed E-state index contributed by atoms with van der Waals surface area (Å²) in [6, 6.07) is 10.5. The van der Waals surface area contributed by atoms with Crippen LogP contribution in [0.25, 0.3) is 0 Å². The van der Waals surface area contributed by atoms with Gasteiger partial charge in [0.05, 0.1) is 25.4 Å². The van der Waals surface area contributed by atoms with Gasteiger partial charge in [-0.25, -0.2) is 0 Å². The zero-order valence-corrected chi connectivity index (χ0v) is 19.8. The van der Waals surface area contributed by atoms with E-state index < -0.39 is 0 Å². The lowest BCUT2D eigenvalue weighted by Crippen LogP contribution is -2.43. The van der Waals surface area contributed by atoms with Crippen molar-refractivity contribution in [2.24, 2.45) is 12.0 Å². The van der Waals surface area contributed by atoms with Crippen LogP contribution >= 0.6 is 24.0 Å². The van der Waals surface area contributed by atoms with Crippen LogP contribution in [0.3, 0.4) is 0 Å². The molecule has 2 rings (SSSR count). The molecule has 0 spiro atoms. The van der Waals surface area contributed by atoms with Gasteiger partial charge in [0.25, 0.3) is 0 Å². The molecule has 1 unspecified atom stereocenters. The first-order chi connectivity index (χ1) is 13.1. The molecule has 0 amide bonds. The Morgan fingerprint density at radius 2 is 2.00 bits per heavy atom. The van der Waals surface area contributed by atoms with Gasteiger partial charge in [-0.3, -0.25) is 14.6 Å². The summed E-state index contributed by atoms with van der Waals surface area (Å²) in [6.07, 6.45) is 1.80. The average molecular weight is 500 g/mol. The second kappa shape index (κ2) is 12.6. The fourth-order valence-electron chi connectivity index (χ4n) is 3.13. The fourth-order valence-corrected chi connectivity index (χ4v) is 3.13. The van der Waals surface area contributed by atoms with Crippen LogP contribution in [0, 0.1) is 0 Å². The third kappa shape index (κ3) is 6.66. The molecule has 0 aliphatic rings. The van der Waals surface area contributed by atoms with Crippen LogP contribution < -0.4 is 15.4 Å². The molecule has 0 radical (unpaired) electrons. The predicted octanol–water partition coefficient (Wildman–Crippen LogP) is 2.79. The van der Waals surface area contributed by atoms with Gasteiger partial charge in [0.15, 0.2) is 5.96 Å². The molecule has 0 fully saturated rings. The van der Waals surface area contributed by atoms with E-state index in [4.69, 9.17) is 4.74 Å². The van der Waals surface area contributed by atoms with Gasteiger partial charge in [-0.05, 0) is 36.9 Å². The van der Waals surface area contributed by atoms with Crippen LogP contribution in [0.4, 0.5) is 0 Å². The highest BCUT2D eigenvalue weighted by atomic mass is 127. The molecule has 0 saturated carbocycles. The summed E-state index contributed by atoms with van der Waals surface area (Å²) in [5.41, 5.74) is 2.33. The molecule has 0 saturated heterocycles. The third-order valence-corrected chi connectivity index (χ3v) is 4.78. The van der Waals surface area contributed by atoms with Crippen molar-refractivity contribution < 1.29 is 4.74 Å². The molecule has 8 heteroatoms. The number of hydrogen-bond donors (Lipinski definition) is 2. The van der Waals surface area contributed by atoms with Crippen molar-refractivity contribution in [2.45, 2.75) is 26.4 Å². The van der Waals surface area contributed by atoms with Crippen LogP contribution in [0.1, 0.15) is 31.1 Å². The van der Waals surface area contributed by atoms with Crippen LogP contribution in [0.2, 0.25) is 0 Å². The van der Waals surface area contributed by atoms with Gasteiger partial charge in [0.1, 0.15) is 5.75 Å². The lowest BCUT2D eigenvalue weighted by atomic mass is 10.0. The quantitative estimate of drug-likeness (QED) is 0.315. The van der Waals surface area contributed by atoms with E-state index in [1.807, 2.05) is 29.9 Å². The van der Waals surface area contributed by atoms with Gasteiger partial charge in [0, 0.05) is 26.8 Å². The molecule has 1 atom stereocenters. The summed E-state index contributed by atoms with van der Waals surface area (Å²) < 4.78 is 7.26. The van der Waals surface area contributed by atoms with Crippen molar-refractivity contribution >= 4 is 29.9 Å². The van der Waals surface area contributed by atoms with Crippen LogP contribution in [0.15, 0.2) is 41.5 Å². The number of hydrogen-bond acceptors (Lipinski definition) is 4. The maximum absolute atomic E-state index is 5.41. The molecular formula is C20H33IN6O. The number of aryl methyl sites for hydroxylation is 1. The van der Waals surface area contributed by atoms with E-state index in [0.717, 1.165) is 37.0 Å². The maximum atomic E-state index is 5.41. The van der Waals surface area contributed by atoms with Crippen molar-refractivity contribution in [2.75, 3.05) is 33.8 Å². The number of aromatic nitrogens is 2. The lowest BCUT2D eigenvalue weighted by molar-refractivity contribution is 0.218. The molecule has 2 aromatic rings. The topological polar surface area (TPSA) is 66.7 Å². The van der Waals surface area contributed by atoms with Gasteiger partial charge in [-0.1, -0.05) is 26.0 Å². The Hall–Kier alpha value is -1.81. The van der Waals surface area contributed by atoms with E-state index in [0.29, 0.717) is 6.54 Å². The van der Waals surface area contributed by atoms with Gasteiger partial charge >= 0.3 is 0 Å². The molecular weight excluding hydrogens is 467 g/mol. The van der Waals surface area contributed by atoms with Crippen molar-refractivity contribution in [3.63, 3.8) is 0 Å². The number of aliphatic imine (C=N–C) groups is 1. The Kier molecular flexibility index (Phi) is 10.9. The number of halogens is 1. The Morgan fingerprint density at radius 3 is 2.57 bits per heavy atom. The molecule has 1 heterocycles. The van der Waals surface area contributed by atoms with E-state index in [1.165, 1.54) is 5.56 Å². The molecule has 156 valence electrons. The highest BCUT2D eigenvalue weighted by Crippen LogP contribution is 2.23. The zero-order chi connectivity index (χ0) is 19.6. The van der Waals surface area contributed by atoms with Gasteiger partial charge in [-0.15, -0.1) is 24.0 Å². The Balaban J connectivity index is 0.00000392. The number of guanidine groups is 1. The fraction of sp³-hybridized carbons (Fsp3) is 0.500. The monoisotopic (exact) mass is 500 g/mol. The summed E-state index contributed by atoms with van der Waals surface area (Å²) in [7, 11) is 5.43. The van der Waals surface area contributed by atoms with Gasteiger partial charge in [-0.2, -0.15) is 5.10 Å².